The second-order valence-corrected chi connectivity index (χ2v) is 7.24. The molecule has 0 radical (unpaired) electrons. The lowest BCUT2D eigenvalue weighted by Gasteiger charge is -2.25. The van der Waals surface area contributed by atoms with Crippen LogP contribution in [0.2, 0.25) is 0 Å². The van der Waals surface area contributed by atoms with Gasteiger partial charge in [0.2, 0.25) is 5.91 Å². The molecule has 0 saturated heterocycles. The molecule has 7 nitrogen and oxygen atoms in total. The quantitative estimate of drug-likeness (QED) is 0.641. The lowest BCUT2D eigenvalue weighted by molar-refractivity contribution is -0.143. The first kappa shape index (κ1) is 20.3. The second-order valence-electron chi connectivity index (χ2n) is 7.24. The molecule has 7 heteroatoms. The van der Waals surface area contributed by atoms with E-state index in [1.165, 1.54) is 10.9 Å². The van der Waals surface area contributed by atoms with Crippen molar-refractivity contribution in [2.45, 2.75) is 32.2 Å². The lowest BCUT2D eigenvalue weighted by atomic mass is 9.82. The first-order valence-electron chi connectivity index (χ1n) is 9.33. The molecule has 0 aliphatic carbocycles. The molecule has 1 atom stereocenters. The van der Waals surface area contributed by atoms with E-state index in [-0.39, 0.29) is 31.0 Å². The summed E-state index contributed by atoms with van der Waals surface area (Å²) in [5, 5.41) is 12.9. The molecule has 0 bridgehead atoms. The van der Waals surface area contributed by atoms with Gasteiger partial charge in [-0.3, -0.25) is 19.0 Å². The molecule has 1 unspecified atom stereocenters. The number of benzene rings is 2. The van der Waals surface area contributed by atoms with Gasteiger partial charge in [-0.1, -0.05) is 42.5 Å². The van der Waals surface area contributed by atoms with Crippen LogP contribution < -0.4 is 10.9 Å². The smallest absolute Gasteiger partial charge is 0.315 e. The molecule has 1 heterocycles. The third-order valence-electron chi connectivity index (χ3n) is 5.16. The fourth-order valence-corrected chi connectivity index (χ4v) is 3.19. The monoisotopic (exact) mass is 393 g/mol. The van der Waals surface area contributed by atoms with Gasteiger partial charge in [0.15, 0.2) is 0 Å². The number of fused-ring (bicyclic) bond motifs is 1. The average molecular weight is 393 g/mol. The minimum atomic E-state index is -1.24. The van der Waals surface area contributed by atoms with Crippen molar-refractivity contribution >= 4 is 22.8 Å². The third-order valence-corrected chi connectivity index (χ3v) is 5.16. The van der Waals surface area contributed by atoms with E-state index in [9.17, 15) is 19.5 Å². The van der Waals surface area contributed by atoms with Crippen molar-refractivity contribution in [3.63, 3.8) is 0 Å². The Bertz CT molecular complexity index is 1110. The van der Waals surface area contributed by atoms with Crippen LogP contribution in [0.5, 0.6) is 0 Å². The average Bonchev–Trinajstić information content (AvgIpc) is 2.72. The number of hydrogen-bond donors (Lipinski definition) is 2. The van der Waals surface area contributed by atoms with Crippen LogP contribution in [-0.4, -0.2) is 33.1 Å². The Morgan fingerprint density at radius 2 is 1.86 bits per heavy atom. The summed E-state index contributed by atoms with van der Waals surface area (Å²) < 4.78 is 1.40. The number of carboxylic acids is 1. The fourth-order valence-electron chi connectivity index (χ4n) is 3.19. The van der Waals surface area contributed by atoms with Crippen LogP contribution >= 0.6 is 0 Å². The molecule has 0 saturated carbocycles. The topological polar surface area (TPSA) is 101 Å². The lowest BCUT2D eigenvalue weighted by Crippen LogP contribution is -2.44. The van der Waals surface area contributed by atoms with Gasteiger partial charge in [0.25, 0.3) is 5.56 Å². The van der Waals surface area contributed by atoms with Crippen LogP contribution in [0, 0.1) is 6.92 Å². The molecule has 1 aromatic heterocycles. The van der Waals surface area contributed by atoms with Crippen LogP contribution in [-0.2, 0) is 21.5 Å². The van der Waals surface area contributed by atoms with Crippen molar-refractivity contribution < 1.29 is 14.7 Å². The normalized spacial score (nSPS) is 13.0. The van der Waals surface area contributed by atoms with Gasteiger partial charge in [-0.25, -0.2) is 4.98 Å². The van der Waals surface area contributed by atoms with Crippen LogP contribution in [0.3, 0.4) is 0 Å². The number of carbonyl (C=O) groups excluding carboxylic acids is 1. The first-order chi connectivity index (χ1) is 13.8. The predicted octanol–water partition coefficient (Wildman–Crippen LogP) is 2.25. The van der Waals surface area contributed by atoms with Crippen LogP contribution in [0.25, 0.3) is 10.9 Å². The van der Waals surface area contributed by atoms with Gasteiger partial charge < -0.3 is 10.4 Å². The molecule has 150 valence electrons. The van der Waals surface area contributed by atoms with Crippen LogP contribution in [0.15, 0.2) is 59.7 Å². The van der Waals surface area contributed by atoms with Crippen molar-refractivity contribution in [1.82, 2.24) is 14.9 Å². The number of nitrogens with one attached hydrogen (secondary N) is 1. The maximum absolute atomic E-state index is 12.6. The summed E-state index contributed by atoms with van der Waals surface area (Å²) in [5.41, 5.74) is 0.733. The van der Waals surface area contributed by atoms with E-state index >= 15 is 0 Å². The van der Waals surface area contributed by atoms with Gasteiger partial charge in [-0.2, -0.15) is 0 Å². The highest BCUT2D eigenvalue weighted by atomic mass is 16.4. The summed E-state index contributed by atoms with van der Waals surface area (Å²) in [7, 11) is 0. The summed E-state index contributed by atoms with van der Waals surface area (Å²) >= 11 is 0. The van der Waals surface area contributed by atoms with E-state index < -0.39 is 11.4 Å². The van der Waals surface area contributed by atoms with E-state index in [0.717, 1.165) is 5.56 Å². The molecule has 0 fully saturated rings. The van der Waals surface area contributed by atoms with Gasteiger partial charge >= 0.3 is 5.97 Å². The number of para-hydroxylation sites is 1. The maximum Gasteiger partial charge on any atom is 0.315 e. The Hall–Kier alpha value is -3.48. The molecule has 2 N–H and O–H groups in total. The number of aromatic nitrogens is 2. The van der Waals surface area contributed by atoms with E-state index in [2.05, 4.69) is 10.3 Å². The van der Waals surface area contributed by atoms with E-state index in [1.807, 2.05) is 13.0 Å². The molecule has 0 aliphatic rings. The Morgan fingerprint density at radius 1 is 1.14 bits per heavy atom. The summed E-state index contributed by atoms with van der Waals surface area (Å²) in [6.45, 7) is 3.58. The van der Waals surface area contributed by atoms with E-state index in [1.54, 1.807) is 49.4 Å². The molecule has 3 aromatic rings. The van der Waals surface area contributed by atoms with E-state index in [4.69, 9.17) is 0 Å². The molecule has 2 aromatic carbocycles. The second kappa shape index (κ2) is 8.26. The zero-order chi connectivity index (χ0) is 21.0. The van der Waals surface area contributed by atoms with Crippen LogP contribution in [0.1, 0.15) is 24.5 Å². The SMILES string of the molecule is Cc1cccc2c(=O)n(CCC(=O)NCC(C)(C(=O)O)c3ccccc3)cnc12. The third kappa shape index (κ3) is 4.18. The Balaban J connectivity index is 1.67. The highest BCUT2D eigenvalue weighted by Crippen LogP contribution is 2.23. The number of hydrogen-bond acceptors (Lipinski definition) is 4. The summed E-state index contributed by atoms with van der Waals surface area (Å²) in [6, 6.07) is 14.2. The van der Waals surface area contributed by atoms with Crippen molar-refractivity contribution in [1.29, 1.82) is 0 Å². The largest absolute Gasteiger partial charge is 0.481 e. The van der Waals surface area contributed by atoms with Crippen molar-refractivity contribution in [3.05, 3.63) is 76.3 Å². The molecule has 3 rings (SSSR count). The summed E-state index contributed by atoms with van der Waals surface area (Å²) in [4.78, 5) is 41.0. The van der Waals surface area contributed by atoms with Crippen LogP contribution in [0.4, 0.5) is 0 Å². The standard InChI is InChI=1S/C22H23N3O4/c1-15-7-6-10-17-19(15)24-14-25(20(17)27)12-11-18(26)23-13-22(2,21(28)29)16-8-4-3-5-9-16/h3-10,14H,11-13H2,1-2H3,(H,23,26)(H,28,29). The Labute approximate surface area is 168 Å². The van der Waals surface area contributed by atoms with Crippen molar-refractivity contribution in [2.75, 3.05) is 6.54 Å². The number of amides is 1. The number of carboxylic acid groups (broad SMARTS) is 1. The zero-order valence-electron chi connectivity index (χ0n) is 16.4. The molecule has 0 spiro atoms. The van der Waals surface area contributed by atoms with Gasteiger partial charge in [-0.05, 0) is 31.0 Å². The van der Waals surface area contributed by atoms with Gasteiger partial charge in [0, 0.05) is 19.5 Å². The zero-order valence-corrected chi connectivity index (χ0v) is 16.4. The predicted molar refractivity (Wildman–Crippen MR) is 110 cm³/mol. The molecule has 0 aliphatic heterocycles. The molecule has 1 amide bonds. The maximum atomic E-state index is 12.6. The Kier molecular flexibility index (Phi) is 5.77. The first-order valence-corrected chi connectivity index (χ1v) is 9.33. The minimum absolute atomic E-state index is 0.0450. The summed E-state index contributed by atoms with van der Waals surface area (Å²) in [5.74, 6) is -1.35. The number of aliphatic carboxylic acids is 1. The van der Waals surface area contributed by atoms with Gasteiger partial charge in [0.1, 0.15) is 5.41 Å². The minimum Gasteiger partial charge on any atom is -0.481 e. The fraction of sp³-hybridized carbons (Fsp3) is 0.273. The number of carbonyl (C=O) groups is 2. The molecular formula is C22H23N3O4. The van der Waals surface area contributed by atoms with E-state index in [0.29, 0.717) is 16.5 Å². The van der Waals surface area contributed by atoms with Gasteiger partial charge in [-0.15, -0.1) is 0 Å². The molecule has 29 heavy (non-hydrogen) atoms. The number of rotatable bonds is 7. The summed E-state index contributed by atoms with van der Waals surface area (Å²) in [6.07, 6.45) is 1.49. The van der Waals surface area contributed by atoms with Crippen molar-refractivity contribution in [3.8, 4) is 0 Å². The highest BCUT2D eigenvalue weighted by Gasteiger charge is 2.35. The van der Waals surface area contributed by atoms with Gasteiger partial charge in [0.05, 0.1) is 17.2 Å². The molecular weight excluding hydrogens is 370 g/mol. The number of nitrogens with zero attached hydrogens (tertiary/aromatic N) is 2. The number of aryl methyl sites for hydroxylation is 2. The highest BCUT2D eigenvalue weighted by molar-refractivity contribution is 5.83. The Morgan fingerprint density at radius 3 is 2.55 bits per heavy atom. The van der Waals surface area contributed by atoms with Crippen molar-refractivity contribution in [2.24, 2.45) is 0 Å².